The van der Waals surface area contributed by atoms with E-state index in [0.717, 1.165) is 0 Å². The Hall–Kier alpha value is -0.550. The maximum Gasteiger partial charge on any atom is 0.232 e. The summed E-state index contributed by atoms with van der Waals surface area (Å²) in [5.74, 6) is 0.00668. The Balaban J connectivity index is 2.29. The number of aryl methyl sites for hydroxylation is 1. The average Bonchev–Trinajstić information content (AvgIpc) is 2.36. The molecule has 0 saturated heterocycles. The molecule has 4 nitrogen and oxygen atoms in total. The van der Waals surface area contributed by atoms with Gasteiger partial charge in [0.2, 0.25) is 9.05 Å². The molecule has 68 valence electrons. The van der Waals surface area contributed by atoms with Crippen molar-refractivity contribution in [3.8, 4) is 0 Å². The summed E-state index contributed by atoms with van der Waals surface area (Å²) in [5.41, 5.74) is 0. The van der Waals surface area contributed by atoms with E-state index in [9.17, 15) is 8.42 Å². The predicted molar refractivity (Wildman–Crippen MR) is 46.5 cm³/mol. The van der Waals surface area contributed by atoms with Crippen LogP contribution in [-0.4, -0.2) is 23.7 Å². The molecule has 1 aromatic heterocycles. The maximum atomic E-state index is 10.5. The lowest BCUT2D eigenvalue weighted by molar-refractivity contribution is 0.599. The van der Waals surface area contributed by atoms with Gasteiger partial charge in [-0.3, -0.25) is 0 Å². The quantitative estimate of drug-likeness (QED) is 0.690. The molecular weight excluding hydrogens is 200 g/mol. The van der Waals surface area contributed by atoms with Crippen LogP contribution in [0.15, 0.2) is 18.7 Å². The van der Waals surface area contributed by atoms with Gasteiger partial charge < -0.3 is 4.57 Å². The molecule has 0 aliphatic rings. The van der Waals surface area contributed by atoms with Gasteiger partial charge in [0.1, 0.15) is 0 Å². The second kappa shape index (κ2) is 3.91. The standard InChI is InChI=1S/C6H9ClN2O2S/c7-12(10,11)5-1-3-9-4-2-8-6-9/h2,4,6H,1,3,5H2. The predicted octanol–water partition coefficient (Wildman–Crippen LogP) is 0.842. The molecule has 0 aromatic carbocycles. The normalized spacial score (nSPS) is 11.8. The largest absolute Gasteiger partial charge is 0.337 e. The highest BCUT2D eigenvalue weighted by atomic mass is 35.7. The number of hydrogen-bond acceptors (Lipinski definition) is 3. The molecule has 0 amide bonds. The number of rotatable bonds is 4. The van der Waals surface area contributed by atoms with E-state index in [4.69, 9.17) is 10.7 Å². The van der Waals surface area contributed by atoms with Crippen LogP contribution in [0, 0.1) is 0 Å². The van der Waals surface area contributed by atoms with Crippen molar-refractivity contribution >= 4 is 19.7 Å². The zero-order valence-electron chi connectivity index (χ0n) is 6.35. The Kier molecular flexibility index (Phi) is 3.11. The van der Waals surface area contributed by atoms with Crippen LogP contribution < -0.4 is 0 Å². The summed E-state index contributed by atoms with van der Waals surface area (Å²) in [5, 5.41) is 0. The van der Waals surface area contributed by atoms with Crippen LogP contribution in [0.5, 0.6) is 0 Å². The van der Waals surface area contributed by atoms with Crippen LogP contribution in [0.4, 0.5) is 0 Å². The third-order valence-electron chi connectivity index (χ3n) is 1.36. The Morgan fingerprint density at radius 3 is 2.75 bits per heavy atom. The first-order valence-electron chi connectivity index (χ1n) is 3.46. The van der Waals surface area contributed by atoms with Crippen molar-refractivity contribution in [1.29, 1.82) is 0 Å². The van der Waals surface area contributed by atoms with E-state index in [1.54, 1.807) is 18.7 Å². The van der Waals surface area contributed by atoms with Crippen LogP contribution in [0.25, 0.3) is 0 Å². The first kappa shape index (κ1) is 9.54. The minimum absolute atomic E-state index is 0.00668. The van der Waals surface area contributed by atoms with Gasteiger partial charge in [-0.15, -0.1) is 0 Å². The summed E-state index contributed by atoms with van der Waals surface area (Å²) >= 11 is 0. The molecular formula is C6H9ClN2O2S. The van der Waals surface area contributed by atoms with Crippen molar-refractivity contribution in [3.63, 3.8) is 0 Å². The van der Waals surface area contributed by atoms with Gasteiger partial charge in [0.15, 0.2) is 0 Å². The van der Waals surface area contributed by atoms with E-state index in [2.05, 4.69) is 4.98 Å². The Morgan fingerprint density at radius 2 is 2.25 bits per heavy atom. The zero-order chi connectivity index (χ0) is 9.03. The second-order valence-electron chi connectivity index (χ2n) is 2.40. The number of nitrogens with zero attached hydrogens (tertiary/aromatic N) is 2. The Labute approximate surface area is 75.6 Å². The summed E-state index contributed by atoms with van der Waals surface area (Å²) in [6, 6.07) is 0. The first-order valence-corrected chi connectivity index (χ1v) is 5.94. The highest BCUT2D eigenvalue weighted by Crippen LogP contribution is 2.00. The molecule has 1 heterocycles. The number of hydrogen-bond donors (Lipinski definition) is 0. The van der Waals surface area contributed by atoms with E-state index < -0.39 is 9.05 Å². The molecule has 0 fully saturated rings. The van der Waals surface area contributed by atoms with Gasteiger partial charge in [-0.05, 0) is 6.42 Å². The molecule has 0 spiro atoms. The van der Waals surface area contributed by atoms with Crippen molar-refractivity contribution in [2.45, 2.75) is 13.0 Å². The number of imidazole rings is 1. The molecule has 0 aliphatic heterocycles. The lowest BCUT2D eigenvalue weighted by atomic mass is 10.5. The summed E-state index contributed by atoms with van der Waals surface area (Å²) in [6.07, 6.45) is 5.58. The van der Waals surface area contributed by atoms with Crippen molar-refractivity contribution in [2.24, 2.45) is 0 Å². The molecule has 0 N–H and O–H groups in total. The molecule has 0 radical (unpaired) electrons. The summed E-state index contributed by atoms with van der Waals surface area (Å²) in [7, 11) is 1.68. The molecule has 1 aromatic rings. The van der Waals surface area contributed by atoms with Crippen LogP contribution >= 0.6 is 10.7 Å². The molecule has 12 heavy (non-hydrogen) atoms. The minimum Gasteiger partial charge on any atom is -0.337 e. The molecule has 0 unspecified atom stereocenters. The zero-order valence-corrected chi connectivity index (χ0v) is 7.92. The average molecular weight is 209 g/mol. The first-order chi connectivity index (χ1) is 5.58. The van der Waals surface area contributed by atoms with E-state index in [1.807, 2.05) is 4.57 Å². The Morgan fingerprint density at radius 1 is 1.50 bits per heavy atom. The minimum atomic E-state index is -3.34. The van der Waals surface area contributed by atoms with Gasteiger partial charge in [0, 0.05) is 29.6 Å². The van der Waals surface area contributed by atoms with Crippen molar-refractivity contribution in [1.82, 2.24) is 9.55 Å². The third-order valence-corrected chi connectivity index (χ3v) is 2.60. The molecule has 1 rings (SSSR count). The Bertz CT molecular complexity index is 319. The van der Waals surface area contributed by atoms with E-state index in [0.29, 0.717) is 13.0 Å². The fourth-order valence-corrected chi connectivity index (χ4v) is 1.64. The monoisotopic (exact) mass is 208 g/mol. The number of halogens is 1. The van der Waals surface area contributed by atoms with Crippen molar-refractivity contribution in [2.75, 3.05) is 5.75 Å². The smallest absolute Gasteiger partial charge is 0.232 e. The summed E-state index contributed by atoms with van der Waals surface area (Å²) in [6.45, 7) is 0.631. The van der Waals surface area contributed by atoms with Gasteiger partial charge >= 0.3 is 0 Å². The van der Waals surface area contributed by atoms with Gasteiger partial charge in [-0.2, -0.15) is 0 Å². The van der Waals surface area contributed by atoms with E-state index in [-0.39, 0.29) is 5.75 Å². The number of aromatic nitrogens is 2. The SMILES string of the molecule is O=S(=O)(Cl)CCCn1ccnc1. The topological polar surface area (TPSA) is 52.0 Å². The molecule has 0 atom stereocenters. The van der Waals surface area contributed by atoms with Crippen LogP contribution in [0.1, 0.15) is 6.42 Å². The lowest BCUT2D eigenvalue weighted by Crippen LogP contribution is -2.02. The fraction of sp³-hybridized carbons (Fsp3) is 0.500. The highest BCUT2D eigenvalue weighted by molar-refractivity contribution is 8.13. The van der Waals surface area contributed by atoms with Gasteiger partial charge in [0.25, 0.3) is 0 Å². The third kappa shape index (κ3) is 3.73. The van der Waals surface area contributed by atoms with E-state index >= 15 is 0 Å². The fourth-order valence-electron chi connectivity index (χ4n) is 0.839. The molecule has 0 aliphatic carbocycles. The summed E-state index contributed by atoms with van der Waals surface area (Å²) in [4.78, 5) is 3.82. The lowest BCUT2D eigenvalue weighted by Gasteiger charge is -1.98. The highest BCUT2D eigenvalue weighted by Gasteiger charge is 2.03. The van der Waals surface area contributed by atoms with Crippen LogP contribution in [-0.2, 0) is 15.6 Å². The van der Waals surface area contributed by atoms with Gasteiger partial charge in [0.05, 0.1) is 12.1 Å². The molecule has 6 heteroatoms. The van der Waals surface area contributed by atoms with Gasteiger partial charge in [-0.1, -0.05) is 0 Å². The molecule has 0 bridgehead atoms. The molecule has 0 saturated carbocycles. The van der Waals surface area contributed by atoms with Crippen molar-refractivity contribution < 1.29 is 8.42 Å². The maximum absolute atomic E-state index is 10.5. The van der Waals surface area contributed by atoms with Crippen LogP contribution in [0.3, 0.4) is 0 Å². The van der Waals surface area contributed by atoms with Gasteiger partial charge in [-0.25, -0.2) is 13.4 Å². The summed E-state index contributed by atoms with van der Waals surface area (Å²) < 4.78 is 22.8. The van der Waals surface area contributed by atoms with E-state index in [1.165, 1.54) is 0 Å². The van der Waals surface area contributed by atoms with Crippen LogP contribution in [0.2, 0.25) is 0 Å². The van der Waals surface area contributed by atoms with Crippen molar-refractivity contribution in [3.05, 3.63) is 18.7 Å². The second-order valence-corrected chi connectivity index (χ2v) is 5.29.